The number of esters is 1. The van der Waals surface area contributed by atoms with E-state index >= 15 is 0 Å². The van der Waals surface area contributed by atoms with Crippen LogP contribution in [0.5, 0.6) is 0 Å². The maximum atomic E-state index is 11.9. The molecule has 1 aromatic carbocycles. The van der Waals surface area contributed by atoms with Gasteiger partial charge in [0.25, 0.3) is 0 Å². The lowest BCUT2D eigenvalue weighted by Gasteiger charge is -2.22. The van der Waals surface area contributed by atoms with Gasteiger partial charge >= 0.3 is 5.97 Å². The fourth-order valence-electron chi connectivity index (χ4n) is 2.17. The Morgan fingerprint density at radius 1 is 1.30 bits per heavy atom. The number of ether oxygens (including phenoxy) is 2. The van der Waals surface area contributed by atoms with Crippen LogP contribution >= 0.6 is 0 Å². The summed E-state index contributed by atoms with van der Waals surface area (Å²) in [5, 5.41) is 3.17. The zero-order valence-electron chi connectivity index (χ0n) is 12.4. The van der Waals surface area contributed by atoms with Crippen molar-refractivity contribution in [3.8, 4) is 0 Å². The molecule has 0 aliphatic carbocycles. The highest BCUT2D eigenvalue weighted by Crippen LogP contribution is 2.17. The zero-order chi connectivity index (χ0) is 14.6. The topological polar surface area (TPSA) is 47.6 Å². The molecule has 0 bridgehead atoms. The minimum absolute atomic E-state index is 0.0627. The highest BCUT2D eigenvalue weighted by atomic mass is 16.6. The molecule has 1 fully saturated rings. The summed E-state index contributed by atoms with van der Waals surface area (Å²) in [5.41, 5.74) is 0.704. The molecule has 20 heavy (non-hydrogen) atoms. The van der Waals surface area contributed by atoms with Crippen molar-refractivity contribution in [2.45, 2.75) is 51.5 Å². The van der Waals surface area contributed by atoms with Gasteiger partial charge in [0.05, 0.1) is 12.7 Å². The van der Waals surface area contributed by atoms with Crippen molar-refractivity contribution in [1.29, 1.82) is 0 Å². The molecule has 4 nitrogen and oxygen atoms in total. The van der Waals surface area contributed by atoms with Crippen LogP contribution in [0.25, 0.3) is 0 Å². The SMILES string of the molecule is CC(C)(C)OC(=O)[C@@H]1CC(OCc2ccccc2)CN1. The monoisotopic (exact) mass is 277 g/mol. The number of benzene rings is 1. The van der Waals surface area contributed by atoms with Crippen molar-refractivity contribution in [2.75, 3.05) is 6.54 Å². The Balaban J connectivity index is 1.76. The lowest BCUT2D eigenvalue weighted by atomic mass is 10.1. The van der Waals surface area contributed by atoms with Crippen molar-refractivity contribution in [3.63, 3.8) is 0 Å². The predicted octanol–water partition coefficient (Wildman–Crippen LogP) is 2.28. The Morgan fingerprint density at radius 2 is 2.00 bits per heavy atom. The van der Waals surface area contributed by atoms with Gasteiger partial charge in [-0.1, -0.05) is 30.3 Å². The Morgan fingerprint density at radius 3 is 2.65 bits per heavy atom. The van der Waals surface area contributed by atoms with Crippen LogP contribution < -0.4 is 5.32 Å². The molecule has 110 valence electrons. The second kappa shape index (κ2) is 6.37. The summed E-state index contributed by atoms with van der Waals surface area (Å²) in [5.74, 6) is -0.191. The molecule has 1 aliphatic heterocycles. The number of hydrogen-bond acceptors (Lipinski definition) is 4. The molecule has 1 unspecified atom stereocenters. The van der Waals surface area contributed by atoms with E-state index in [-0.39, 0.29) is 18.1 Å². The van der Waals surface area contributed by atoms with Crippen LogP contribution in [0.3, 0.4) is 0 Å². The van der Waals surface area contributed by atoms with E-state index in [0.29, 0.717) is 19.6 Å². The van der Waals surface area contributed by atoms with Crippen LogP contribution in [-0.4, -0.2) is 30.3 Å². The Labute approximate surface area is 120 Å². The van der Waals surface area contributed by atoms with Gasteiger partial charge in [0, 0.05) is 13.0 Å². The van der Waals surface area contributed by atoms with Gasteiger partial charge in [0.15, 0.2) is 0 Å². The summed E-state index contributed by atoms with van der Waals surface area (Å²) in [6.45, 7) is 6.90. The van der Waals surface area contributed by atoms with Crippen LogP contribution in [0, 0.1) is 0 Å². The summed E-state index contributed by atoms with van der Waals surface area (Å²) in [7, 11) is 0. The Kier molecular flexibility index (Phi) is 4.78. The second-order valence-electron chi connectivity index (χ2n) is 6.15. The fourth-order valence-corrected chi connectivity index (χ4v) is 2.17. The highest BCUT2D eigenvalue weighted by molar-refractivity contribution is 5.76. The zero-order valence-corrected chi connectivity index (χ0v) is 12.4. The first-order valence-electron chi connectivity index (χ1n) is 7.06. The number of hydrogen-bond donors (Lipinski definition) is 1. The molecular weight excluding hydrogens is 254 g/mol. The van der Waals surface area contributed by atoms with Crippen LogP contribution in [-0.2, 0) is 20.9 Å². The Hall–Kier alpha value is -1.39. The van der Waals surface area contributed by atoms with E-state index in [1.807, 2.05) is 51.1 Å². The lowest BCUT2D eigenvalue weighted by molar-refractivity contribution is -0.157. The number of carbonyl (C=O) groups excluding carboxylic acids is 1. The molecule has 2 rings (SSSR count). The quantitative estimate of drug-likeness (QED) is 0.858. The molecule has 4 heteroatoms. The molecule has 2 atom stereocenters. The van der Waals surface area contributed by atoms with Crippen molar-refractivity contribution >= 4 is 5.97 Å². The largest absolute Gasteiger partial charge is 0.459 e. The molecule has 0 radical (unpaired) electrons. The molecule has 1 N–H and O–H groups in total. The normalized spacial score (nSPS) is 22.8. The van der Waals surface area contributed by atoms with Crippen molar-refractivity contribution in [1.82, 2.24) is 5.32 Å². The molecular formula is C16H23NO3. The van der Waals surface area contributed by atoms with Gasteiger partial charge in [-0.25, -0.2) is 0 Å². The van der Waals surface area contributed by atoms with Gasteiger partial charge < -0.3 is 14.8 Å². The third-order valence-corrected chi connectivity index (χ3v) is 3.11. The third-order valence-electron chi connectivity index (χ3n) is 3.11. The summed E-state index contributed by atoms with van der Waals surface area (Å²) in [6, 6.07) is 9.79. The first kappa shape index (κ1) is 15.0. The molecule has 1 heterocycles. The van der Waals surface area contributed by atoms with Crippen LogP contribution in [0.15, 0.2) is 30.3 Å². The number of nitrogens with one attached hydrogen (secondary N) is 1. The predicted molar refractivity (Wildman–Crippen MR) is 77.3 cm³/mol. The average Bonchev–Trinajstić information content (AvgIpc) is 2.84. The molecule has 0 saturated carbocycles. The van der Waals surface area contributed by atoms with E-state index in [2.05, 4.69) is 5.32 Å². The average molecular weight is 277 g/mol. The molecule has 1 aromatic rings. The van der Waals surface area contributed by atoms with Crippen molar-refractivity contribution < 1.29 is 14.3 Å². The van der Waals surface area contributed by atoms with Crippen molar-refractivity contribution in [2.24, 2.45) is 0 Å². The van der Waals surface area contributed by atoms with E-state index in [1.54, 1.807) is 0 Å². The van der Waals surface area contributed by atoms with E-state index in [4.69, 9.17) is 9.47 Å². The minimum Gasteiger partial charge on any atom is -0.459 e. The van der Waals surface area contributed by atoms with Gasteiger partial charge in [-0.15, -0.1) is 0 Å². The van der Waals surface area contributed by atoms with Gasteiger partial charge in [0.1, 0.15) is 11.6 Å². The minimum atomic E-state index is -0.443. The molecule has 0 aromatic heterocycles. The Bertz CT molecular complexity index is 439. The van der Waals surface area contributed by atoms with E-state index in [0.717, 1.165) is 5.56 Å². The summed E-state index contributed by atoms with van der Waals surface area (Å²) < 4.78 is 11.2. The highest BCUT2D eigenvalue weighted by Gasteiger charge is 2.33. The van der Waals surface area contributed by atoms with Gasteiger partial charge in [-0.3, -0.25) is 4.79 Å². The molecule has 0 spiro atoms. The second-order valence-corrected chi connectivity index (χ2v) is 6.15. The molecule has 0 amide bonds. The maximum absolute atomic E-state index is 11.9. The fraction of sp³-hybridized carbons (Fsp3) is 0.562. The number of rotatable bonds is 4. The van der Waals surface area contributed by atoms with Gasteiger partial charge in [0.2, 0.25) is 0 Å². The number of carbonyl (C=O) groups is 1. The standard InChI is InChI=1S/C16H23NO3/c1-16(2,3)20-15(18)14-9-13(10-17-14)19-11-12-7-5-4-6-8-12/h4-8,13-14,17H,9-11H2,1-3H3/t13?,14-/m0/s1. The summed E-state index contributed by atoms with van der Waals surface area (Å²) in [6.07, 6.45) is 0.731. The van der Waals surface area contributed by atoms with Crippen LogP contribution in [0.4, 0.5) is 0 Å². The lowest BCUT2D eigenvalue weighted by Crippen LogP contribution is -2.37. The van der Waals surface area contributed by atoms with E-state index < -0.39 is 5.60 Å². The smallest absolute Gasteiger partial charge is 0.323 e. The summed E-state index contributed by atoms with van der Waals surface area (Å²) in [4.78, 5) is 11.9. The van der Waals surface area contributed by atoms with E-state index in [9.17, 15) is 4.79 Å². The van der Waals surface area contributed by atoms with Crippen LogP contribution in [0.2, 0.25) is 0 Å². The maximum Gasteiger partial charge on any atom is 0.323 e. The van der Waals surface area contributed by atoms with Crippen molar-refractivity contribution in [3.05, 3.63) is 35.9 Å². The molecule has 1 saturated heterocycles. The molecule has 1 aliphatic rings. The third kappa shape index (κ3) is 4.62. The first-order chi connectivity index (χ1) is 9.44. The van der Waals surface area contributed by atoms with Gasteiger partial charge in [-0.2, -0.15) is 0 Å². The van der Waals surface area contributed by atoms with Crippen LogP contribution in [0.1, 0.15) is 32.8 Å². The first-order valence-corrected chi connectivity index (χ1v) is 7.06. The summed E-state index contributed by atoms with van der Waals surface area (Å²) >= 11 is 0. The van der Waals surface area contributed by atoms with E-state index in [1.165, 1.54) is 0 Å². The van der Waals surface area contributed by atoms with Gasteiger partial charge in [-0.05, 0) is 26.3 Å².